The molecular weight excluding hydrogens is 516 g/mol. The number of carbonyl (C=O) groups excluding carboxylic acids is 1. The summed E-state index contributed by atoms with van der Waals surface area (Å²) in [6.07, 6.45) is 1.51. The summed E-state index contributed by atoms with van der Waals surface area (Å²) in [6.45, 7) is 7.75. The van der Waals surface area contributed by atoms with E-state index in [0.717, 1.165) is 45.6 Å². The zero-order valence-electron chi connectivity index (χ0n) is 23.8. The lowest BCUT2D eigenvalue weighted by molar-refractivity contribution is 0.0469. The van der Waals surface area contributed by atoms with E-state index < -0.39 is 11.6 Å². The van der Waals surface area contributed by atoms with Crippen molar-refractivity contribution in [2.24, 2.45) is 0 Å². The third kappa shape index (κ3) is 5.95. The molecule has 0 spiro atoms. The summed E-state index contributed by atoms with van der Waals surface area (Å²) in [6, 6.07) is 24.6. The van der Waals surface area contributed by atoms with Gasteiger partial charge in [-0.05, 0) is 72.4 Å². The van der Waals surface area contributed by atoms with Crippen LogP contribution in [0.25, 0.3) is 33.6 Å². The molecule has 0 saturated carbocycles. The first kappa shape index (κ1) is 27.9. The zero-order chi connectivity index (χ0) is 29.0. The van der Waals surface area contributed by atoms with Gasteiger partial charge in [-0.2, -0.15) is 5.21 Å². The highest BCUT2D eigenvalue weighted by Crippen LogP contribution is 2.34. The van der Waals surface area contributed by atoms with Crippen LogP contribution in [0.1, 0.15) is 61.7 Å². The maximum Gasteiger partial charge on any atom is 0.357 e. The van der Waals surface area contributed by atoms with Crippen LogP contribution in [0.2, 0.25) is 0 Å². The molecule has 9 nitrogen and oxygen atoms in total. The van der Waals surface area contributed by atoms with Crippen molar-refractivity contribution in [1.82, 2.24) is 30.2 Å². The molecule has 2 aromatic heterocycles. The van der Waals surface area contributed by atoms with E-state index in [1.54, 1.807) is 20.8 Å². The number of carbonyl (C=O) groups is 1. The number of rotatable bonds is 10. The van der Waals surface area contributed by atoms with Gasteiger partial charge in [0, 0.05) is 18.5 Å². The molecule has 0 bridgehead atoms. The number of aromatic nitrogens is 6. The molecule has 0 aliphatic carbocycles. The van der Waals surface area contributed by atoms with Crippen LogP contribution < -0.4 is 0 Å². The van der Waals surface area contributed by atoms with Crippen molar-refractivity contribution < 1.29 is 14.6 Å². The Hall–Kier alpha value is -4.63. The summed E-state index contributed by atoms with van der Waals surface area (Å²) in [5.74, 6) is 0.773. The van der Waals surface area contributed by atoms with Gasteiger partial charge in [-0.25, -0.2) is 9.78 Å². The summed E-state index contributed by atoms with van der Waals surface area (Å²) < 4.78 is 7.26. The number of hydrogen-bond donors (Lipinski definition) is 2. The van der Waals surface area contributed by atoms with E-state index >= 15 is 0 Å². The Morgan fingerprint density at radius 1 is 0.951 bits per heavy atom. The van der Waals surface area contributed by atoms with Crippen molar-refractivity contribution in [3.05, 3.63) is 95.6 Å². The van der Waals surface area contributed by atoms with Gasteiger partial charge < -0.3 is 14.4 Å². The van der Waals surface area contributed by atoms with Crippen LogP contribution in [0.3, 0.4) is 0 Å². The van der Waals surface area contributed by atoms with Crippen molar-refractivity contribution in [2.45, 2.75) is 52.7 Å². The number of nitrogens with zero attached hydrogens (tertiary/aromatic N) is 5. The van der Waals surface area contributed by atoms with Crippen LogP contribution in [0, 0.1) is 0 Å². The maximum absolute atomic E-state index is 13.1. The van der Waals surface area contributed by atoms with E-state index in [0.29, 0.717) is 30.2 Å². The fourth-order valence-corrected chi connectivity index (χ4v) is 4.95. The van der Waals surface area contributed by atoms with E-state index in [2.05, 4.69) is 63.9 Å². The average molecular weight is 551 g/mol. The lowest BCUT2D eigenvalue weighted by Crippen LogP contribution is -2.23. The monoisotopic (exact) mass is 550 g/mol. The van der Waals surface area contributed by atoms with Crippen molar-refractivity contribution in [1.29, 1.82) is 0 Å². The number of aryl methyl sites for hydroxylation is 1. The number of ether oxygens (including phenoxy) is 1. The zero-order valence-corrected chi connectivity index (χ0v) is 23.8. The molecule has 5 rings (SSSR count). The van der Waals surface area contributed by atoms with Gasteiger partial charge in [0.15, 0.2) is 5.69 Å². The van der Waals surface area contributed by atoms with E-state index in [1.165, 1.54) is 0 Å². The van der Waals surface area contributed by atoms with Gasteiger partial charge in [-0.1, -0.05) is 67.6 Å². The highest BCUT2D eigenvalue weighted by atomic mass is 16.5. The Morgan fingerprint density at radius 3 is 2.32 bits per heavy atom. The molecule has 0 fully saturated rings. The van der Waals surface area contributed by atoms with Crippen LogP contribution >= 0.6 is 0 Å². The number of aromatic amines is 1. The van der Waals surface area contributed by atoms with Crippen LogP contribution in [0.4, 0.5) is 0 Å². The van der Waals surface area contributed by atoms with Crippen LogP contribution in [0.15, 0.2) is 72.8 Å². The molecular formula is C32H34N6O3. The van der Waals surface area contributed by atoms with E-state index in [4.69, 9.17) is 9.72 Å². The Bertz CT molecular complexity index is 1620. The number of aliphatic hydroxyl groups is 1. The number of imidazole rings is 1. The molecule has 210 valence electrons. The Labute approximate surface area is 239 Å². The van der Waals surface area contributed by atoms with E-state index in [-0.39, 0.29) is 6.61 Å². The molecule has 0 unspecified atom stereocenters. The predicted octanol–water partition coefficient (Wildman–Crippen LogP) is 5.80. The standard InChI is InChI=1S/C32H34N6O3/c1-5-10-27-33-29(32(3,4)40)28(31(39)41-6-2)38(27)20-21-13-15-23(16-14-21)26-19-24(22-11-8-7-9-12-22)17-18-25(26)30-34-36-37-35-30/h7-9,11-19,40H,5-6,10,20H2,1-4H3,(H,34,35,36,37). The number of esters is 1. The molecule has 0 saturated heterocycles. The van der Waals surface area contributed by atoms with Crippen molar-refractivity contribution >= 4 is 5.97 Å². The molecule has 5 aromatic rings. The Morgan fingerprint density at radius 2 is 1.68 bits per heavy atom. The largest absolute Gasteiger partial charge is 0.461 e. The van der Waals surface area contributed by atoms with Gasteiger partial charge in [0.1, 0.15) is 17.1 Å². The molecule has 0 atom stereocenters. The minimum atomic E-state index is -1.30. The predicted molar refractivity (Wildman–Crippen MR) is 157 cm³/mol. The van der Waals surface area contributed by atoms with E-state index in [9.17, 15) is 9.90 Å². The molecule has 2 heterocycles. The lowest BCUT2D eigenvalue weighted by atomic mass is 9.93. The van der Waals surface area contributed by atoms with Gasteiger partial charge >= 0.3 is 5.97 Å². The summed E-state index contributed by atoms with van der Waals surface area (Å²) in [5.41, 5.74) is 5.34. The van der Waals surface area contributed by atoms with Crippen molar-refractivity contribution in [3.63, 3.8) is 0 Å². The third-order valence-corrected chi connectivity index (χ3v) is 6.89. The molecule has 3 aromatic carbocycles. The van der Waals surface area contributed by atoms with E-state index in [1.807, 2.05) is 41.0 Å². The summed E-state index contributed by atoms with van der Waals surface area (Å²) >= 11 is 0. The first-order valence-electron chi connectivity index (χ1n) is 13.8. The topological polar surface area (TPSA) is 119 Å². The summed E-state index contributed by atoms with van der Waals surface area (Å²) in [4.78, 5) is 17.8. The number of benzene rings is 3. The normalized spacial score (nSPS) is 11.5. The molecule has 0 aliphatic heterocycles. The number of hydrogen-bond acceptors (Lipinski definition) is 7. The quantitative estimate of drug-likeness (QED) is 0.211. The second kappa shape index (κ2) is 11.9. The summed E-state index contributed by atoms with van der Waals surface area (Å²) in [5, 5.41) is 25.6. The maximum atomic E-state index is 13.1. The fraction of sp³-hybridized carbons (Fsp3) is 0.281. The lowest BCUT2D eigenvalue weighted by Gasteiger charge is -2.17. The second-order valence-corrected chi connectivity index (χ2v) is 10.4. The SMILES string of the molecule is CCCc1nc(C(C)(C)O)c(C(=O)OCC)n1Cc1ccc(-c2cc(-c3ccccc3)ccc2-c2nn[nH]n2)cc1. The molecule has 0 amide bonds. The first-order chi connectivity index (χ1) is 19.8. The van der Waals surface area contributed by atoms with Crippen LogP contribution in [-0.4, -0.2) is 47.9 Å². The minimum absolute atomic E-state index is 0.234. The van der Waals surface area contributed by atoms with Crippen LogP contribution in [0.5, 0.6) is 0 Å². The molecule has 9 heteroatoms. The molecule has 0 aliphatic rings. The molecule has 2 N–H and O–H groups in total. The number of H-pyrrole nitrogens is 1. The van der Waals surface area contributed by atoms with Gasteiger partial charge in [0.25, 0.3) is 0 Å². The minimum Gasteiger partial charge on any atom is -0.461 e. The van der Waals surface area contributed by atoms with Gasteiger partial charge in [-0.15, -0.1) is 10.2 Å². The Balaban J connectivity index is 1.55. The Kier molecular flexibility index (Phi) is 8.07. The highest BCUT2D eigenvalue weighted by molar-refractivity contribution is 5.89. The first-order valence-corrected chi connectivity index (χ1v) is 13.8. The number of tetrazole rings is 1. The number of nitrogens with one attached hydrogen (secondary N) is 1. The van der Waals surface area contributed by atoms with Gasteiger partial charge in [-0.3, -0.25) is 0 Å². The van der Waals surface area contributed by atoms with Crippen LogP contribution in [-0.2, 0) is 23.3 Å². The third-order valence-electron chi connectivity index (χ3n) is 6.89. The fourth-order valence-electron chi connectivity index (χ4n) is 4.95. The van der Waals surface area contributed by atoms with Crippen molar-refractivity contribution in [2.75, 3.05) is 6.61 Å². The second-order valence-electron chi connectivity index (χ2n) is 10.4. The average Bonchev–Trinajstić information content (AvgIpc) is 3.63. The van der Waals surface area contributed by atoms with Gasteiger partial charge in [0.2, 0.25) is 5.82 Å². The summed E-state index contributed by atoms with van der Waals surface area (Å²) in [7, 11) is 0. The van der Waals surface area contributed by atoms with Gasteiger partial charge in [0.05, 0.1) is 6.61 Å². The highest BCUT2D eigenvalue weighted by Gasteiger charge is 2.32. The van der Waals surface area contributed by atoms with Crippen molar-refractivity contribution in [3.8, 4) is 33.6 Å². The molecule has 0 radical (unpaired) electrons. The smallest absolute Gasteiger partial charge is 0.357 e. The molecule has 41 heavy (non-hydrogen) atoms.